The van der Waals surface area contributed by atoms with Crippen LogP contribution in [0.15, 0.2) is 36.4 Å². The molecule has 3 heteroatoms. The number of rotatable bonds is 4. The minimum Gasteiger partial charge on any atom is -0.133 e. The number of hydrogen-bond donors (Lipinski definition) is 0. The molecule has 0 nitrogen and oxygen atoms in total. The van der Waals surface area contributed by atoms with Crippen LogP contribution in [0.3, 0.4) is 0 Å². The van der Waals surface area contributed by atoms with Crippen molar-refractivity contribution in [1.82, 2.24) is 0 Å². The molecule has 0 amide bonds. The van der Waals surface area contributed by atoms with E-state index in [1.807, 2.05) is 34.0 Å². The van der Waals surface area contributed by atoms with Crippen molar-refractivity contribution in [3.05, 3.63) is 47.5 Å². The van der Waals surface area contributed by atoms with E-state index in [-0.39, 0.29) is 0 Å². The predicted molar refractivity (Wildman–Crippen MR) is 118 cm³/mol. The first kappa shape index (κ1) is 15.8. The third-order valence-corrected chi connectivity index (χ3v) is 8.97. The summed E-state index contributed by atoms with van der Waals surface area (Å²) in [6.45, 7) is 4.46. The average Bonchev–Trinajstić information content (AvgIpc) is 3.23. The van der Waals surface area contributed by atoms with Crippen molar-refractivity contribution in [2.24, 2.45) is 0 Å². The lowest BCUT2D eigenvalue weighted by molar-refractivity contribution is 0.718. The molecule has 0 bridgehead atoms. The fraction of sp³-hybridized carbons (Fsp3) is 0.273. The SMILES string of the molecule is CCCCCc1ccc2c(c1)sc1c2sc2c3ccc(C)cc3sc21. The van der Waals surface area contributed by atoms with Gasteiger partial charge in [0, 0.05) is 20.2 Å². The topological polar surface area (TPSA) is 0 Å². The van der Waals surface area contributed by atoms with E-state index < -0.39 is 0 Å². The Morgan fingerprint density at radius 3 is 2.12 bits per heavy atom. The minimum atomic E-state index is 1.22. The third kappa shape index (κ3) is 2.52. The van der Waals surface area contributed by atoms with E-state index in [2.05, 4.69) is 50.2 Å². The highest BCUT2D eigenvalue weighted by Gasteiger charge is 2.16. The van der Waals surface area contributed by atoms with Crippen LogP contribution in [0.1, 0.15) is 37.3 Å². The van der Waals surface area contributed by atoms with E-state index in [0.29, 0.717) is 0 Å². The van der Waals surface area contributed by atoms with Crippen molar-refractivity contribution in [3.8, 4) is 0 Å². The van der Waals surface area contributed by atoms with E-state index in [1.54, 1.807) is 0 Å². The molecule has 0 aliphatic carbocycles. The highest BCUT2D eigenvalue weighted by molar-refractivity contribution is 7.43. The van der Waals surface area contributed by atoms with Gasteiger partial charge in [-0.25, -0.2) is 0 Å². The Bertz CT molecular complexity index is 1220. The molecule has 0 unspecified atom stereocenters. The average molecular weight is 381 g/mol. The summed E-state index contributed by atoms with van der Waals surface area (Å²) in [5.74, 6) is 0. The maximum Gasteiger partial charge on any atom is 0.0642 e. The lowest BCUT2D eigenvalue weighted by Gasteiger charge is -2.00. The number of unbranched alkanes of at least 4 members (excludes halogenated alkanes) is 2. The van der Waals surface area contributed by atoms with Crippen LogP contribution in [0.4, 0.5) is 0 Å². The Labute approximate surface area is 159 Å². The van der Waals surface area contributed by atoms with E-state index in [9.17, 15) is 0 Å². The molecule has 3 aromatic heterocycles. The largest absolute Gasteiger partial charge is 0.133 e. The van der Waals surface area contributed by atoms with Gasteiger partial charge < -0.3 is 0 Å². The Morgan fingerprint density at radius 1 is 0.720 bits per heavy atom. The number of aryl methyl sites for hydroxylation is 2. The van der Waals surface area contributed by atoms with Gasteiger partial charge in [0.15, 0.2) is 0 Å². The molecule has 0 fully saturated rings. The quantitative estimate of drug-likeness (QED) is 0.274. The first-order valence-corrected chi connectivity index (χ1v) is 11.5. The summed E-state index contributed by atoms with van der Waals surface area (Å²) in [7, 11) is 0. The van der Waals surface area contributed by atoms with Crippen LogP contribution in [-0.4, -0.2) is 0 Å². The zero-order chi connectivity index (χ0) is 17.0. The molecule has 0 spiro atoms. The number of fused-ring (bicyclic) bond motifs is 7. The van der Waals surface area contributed by atoms with Gasteiger partial charge in [-0.15, -0.1) is 34.0 Å². The second-order valence-electron chi connectivity index (χ2n) is 6.91. The lowest BCUT2D eigenvalue weighted by Crippen LogP contribution is -1.84. The van der Waals surface area contributed by atoms with Gasteiger partial charge in [0.05, 0.1) is 18.8 Å². The van der Waals surface area contributed by atoms with Crippen molar-refractivity contribution in [3.63, 3.8) is 0 Å². The number of benzene rings is 2. The van der Waals surface area contributed by atoms with Crippen molar-refractivity contribution in [1.29, 1.82) is 0 Å². The molecule has 0 saturated heterocycles. The molecule has 0 aliphatic heterocycles. The molecular weight excluding hydrogens is 360 g/mol. The summed E-state index contributed by atoms with van der Waals surface area (Å²) < 4.78 is 8.86. The molecule has 5 rings (SSSR count). The van der Waals surface area contributed by atoms with Crippen LogP contribution in [0.25, 0.3) is 39.0 Å². The Hall–Kier alpha value is -1.42. The lowest BCUT2D eigenvalue weighted by atomic mass is 10.1. The standard InChI is InChI=1S/C22H20S3/c1-3-4-5-6-14-8-10-16-18(12-14)24-22-20(16)25-19-15-9-7-13(2)11-17(15)23-21(19)22/h7-12H,3-6H2,1-2H3. The van der Waals surface area contributed by atoms with E-state index in [4.69, 9.17) is 0 Å². The minimum absolute atomic E-state index is 1.22. The van der Waals surface area contributed by atoms with E-state index >= 15 is 0 Å². The van der Waals surface area contributed by atoms with Crippen molar-refractivity contribution < 1.29 is 0 Å². The molecular formula is C22H20S3. The summed E-state index contributed by atoms with van der Waals surface area (Å²) in [6.07, 6.45) is 5.15. The van der Waals surface area contributed by atoms with Gasteiger partial charge in [0.25, 0.3) is 0 Å². The van der Waals surface area contributed by atoms with Crippen LogP contribution in [0.2, 0.25) is 0 Å². The zero-order valence-corrected chi connectivity index (χ0v) is 17.0. The zero-order valence-electron chi connectivity index (χ0n) is 14.5. The van der Waals surface area contributed by atoms with Crippen LogP contribution >= 0.6 is 34.0 Å². The Balaban J connectivity index is 1.68. The van der Waals surface area contributed by atoms with Crippen molar-refractivity contribution >= 4 is 73.0 Å². The Morgan fingerprint density at radius 2 is 1.40 bits per heavy atom. The molecule has 0 aliphatic rings. The van der Waals surface area contributed by atoms with Crippen LogP contribution in [0.5, 0.6) is 0 Å². The molecule has 2 aromatic carbocycles. The smallest absolute Gasteiger partial charge is 0.0642 e. The predicted octanol–water partition coefficient (Wildman–Crippen LogP) is 8.53. The number of hydrogen-bond acceptors (Lipinski definition) is 3. The summed E-state index contributed by atoms with van der Waals surface area (Å²) in [6, 6.07) is 14.0. The maximum atomic E-state index is 2.44. The van der Waals surface area contributed by atoms with E-state index in [1.165, 1.54) is 75.8 Å². The fourth-order valence-corrected chi connectivity index (χ4v) is 8.06. The molecule has 0 radical (unpaired) electrons. The maximum absolute atomic E-state index is 2.44. The summed E-state index contributed by atoms with van der Waals surface area (Å²) >= 11 is 5.95. The van der Waals surface area contributed by atoms with Crippen LogP contribution in [-0.2, 0) is 6.42 Å². The molecule has 126 valence electrons. The first-order valence-electron chi connectivity index (χ1n) is 9.01. The van der Waals surface area contributed by atoms with Gasteiger partial charge in [-0.2, -0.15) is 0 Å². The monoisotopic (exact) mass is 380 g/mol. The van der Waals surface area contributed by atoms with Crippen molar-refractivity contribution in [2.45, 2.75) is 39.5 Å². The Kier molecular flexibility index (Phi) is 3.85. The van der Waals surface area contributed by atoms with Crippen LogP contribution < -0.4 is 0 Å². The summed E-state index contributed by atoms with van der Waals surface area (Å²) in [5, 5.41) is 2.89. The van der Waals surface area contributed by atoms with Gasteiger partial charge >= 0.3 is 0 Å². The molecule has 0 saturated carbocycles. The van der Waals surface area contributed by atoms with Gasteiger partial charge in [-0.3, -0.25) is 0 Å². The molecule has 5 aromatic rings. The summed E-state index contributed by atoms with van der Waals surface area (Å²) in [5.41, 5.74) is 2.85. The van der Waals surface area contributed by atoms with E-state index in [0.717, 1.165) is 0 Å². The molecule has 0 N–H and O–H groups in total. The normalized spacial score (nSPS) is 12.2. The second-order valence-corrected chi connectivity index (χ2v) is 10.0. The van der Waals surface area contributed by atoms with Gasteiger partial charge in [0.2, 0.25) is 0 Å². The third-order valence-electron chi connectivity index (χ3n) is 4.99. The molecule has 25 heavy (non-hydrogen) atoms. The number of thiophene rings is 3. The second kappa shape index (κ2) is 6.08. The highest BCUT2D eigenvalue weighted by atomic mass is 32.1. The van der Waals surface area contributed by atoms with Gasteiger partial charge in [-0.05, 0) is 43.0 Å². The molecule has 0 atom stereocenters. The summed E-state index contributed by atoms with van der Waals surface area (Å²) in [4.78, 5) is 0. The van der Waals surface area contributed by atoms with Crippen LogP contribution in [0, 0.1) is 6.92 Å². The van der Waals surface area contributed by atoms with Crippen molar-refractivity contribution in [2.75, 3.05) is 0 Å². The highest BCUT2D eigenvalue weighted by Crippen LogP contribution is 2.50. The van der Waals surface area contributed by atoms with Gasteiger partial charge in [-0.1, -0.05) is 44.0 Å². The first-order chi connectivity index (χ1) is 12.2. The van der Waals surface area contributed by atoms with Gasteiger partial charge in [0.1, 0.15) is 0 Å². The molecule has 3 heterocycles. The fourth-order valence-electron chi connectivity index (χ4n) is 3.64.